The van der Waals surface area contributed by atoms with Gasteiger partial charge in [-0.1, -0.05) is 105 Å². The minimum atomic E-state index is -0.562. The predicted octanol–water partition coefficient (Wildman–Crippen LogP) is 8.32. The lowest BCUT2D eigenvalue weighted by atomic mass is 9.79. The van der Waals surface area contributed by atoms with E-state index >= 15 is 0 Å². The molecular weight excluding hydrogens is 402 g/mol. The van der Waals surface area contributed by atoms with Gasteiger partial charge in [-0.05, 0) is 43.2 Å². The zero-order valence-corrected chi connectivity index (χ0v) is 20.5. The van der Waals surface area contributed by atoms with Crippen molar-refractivity contribution in [3.05, 3.63) is 90.5 Å². The van der Waals surface area contributed by atoms with Crippen molar-refractivity contribution in [3.8, 4) is 11.1 Å². The molecule has 0 aliphatic carbocycles. The second kappa shape index (κ2) is 8.61. The van der Waals surface area contributed by atoms with Crippen LogP contribution in [-0.4, -0.2) is 15.7 Å². The van der Waals surface area contributed by atoms with Crippen LogP contribution < -0.4 is 0 Å². The van der Waals surface area contributed by atoms with Crippen LogP contribution in [0, 0.1) is 12.3 Å². The monoisotopic (exact) mass is 435 g/mol. The van der Waals surface area contributed by atoms with Crippen LogP contribution in [0.3, 0.4) is 0 Å². The molecule has 0 bridgehead atoms. The molecule has 4 aromatic carbocycles. The summed E-state index contributed by atoms with van der Waals surface area (Å²) in [4.78, 5) is 5.01. The van der Waals surface area contributed by atoms with E-state index in [9.17, 15) is 5.11 Å². The summed E-state index contributed by atoms with van der Waals surface area (Å²) in [6, 6.07) is 30.1. The van der Waals surface area contributed by atoms with Gasteiger partial charge < -0.3 is 5.11 Å². The van der Waals surface area contributed by atoms with Gasteiger partial charge in [0.25, 0.3) is 0 Å². The van der Waals surface area contributed by atoms with E-state index in [1.807, 2.05) is 34.6 Å². The van der Waals surface area contributed by atoms with Gasteiger partial charge in [0.05, 0.1) is 16.6 Å². The Morgan fingerprint density at radius 3 is 1.85 bits per heavy atom. The highest BCUT2D eigenvalue weighted by Crippen LogP contribution is 2.37. The minimum absolute atomic E-state index is 0.00694. The largest absolute Gasteiger partial charge is 0.390 e. The lowest BCUT2D eigenvalue weighted by molar-refractivity contribution is -0.0238. The zero-order chi connectivity index (χ0) is 23.8. The average Bonchev–Trinajstić information content (AvgIpc) is 2.77. The van der Waals surface area contributed by atoms with Gasteiger partial charge in [0, 0.05) is 21.7 Å². The Kier molecular flexibility index (Phi) is 5.99. The van der Waals surface area contributed by atoms with Gasteiger partial charge >= 0.3 is 0 Å². The molecule has 0 saturated carbocycles. The fourth-order valence-electron chi connectivity index (χ4n) is 3.66. The van der Waals surface area contributed by atoms with Crippen molar-refractivity contribution in [2.24, 2.45) is 5.41 Å². The van der Waals surface area contributed by atoms with Gasteiger partial charge in [0.1, 0.15) is 0 Å². The van der Waals surface area contributed by atoms with Crippen LogP contribution in [0.15, 0.2) is 84.9 Å². The van der Waals surface area contributed by atoms with Crippen molar-refractivity contribution in [3.63, 3.8) is 0 Å². The summed E-state index contributed by atoms with van der Waals surface area (Å²) in [5.74, 6) is 0. The smallest absolute Gasteiger partial charge is 0.0794 e. The van der Waals surface area contributed by atoms with Crippen molar-refractivity contribution < 1.29 is 5.11 Å². The Morgan fingerprint density at radius 2 is 1.21 bits per heavy atom. The molecule has 5 aromatic rings. The molecule has 0 saturated heterocycles. The third kappa shape index (κ3) is 4.62. The zero-order valence-electron chi connectivity index (χ0n) is 20.5. The van der Waals surface area contributed by atoms with Gasteiger partial charge in [-0.25, -0.2) is 4.98 Å². The third-order valence-electron chi connectivity index (χ3n) is 6.75. The number of para-hydroxylation sites is 1. The molecule has 0 aliphatic heterocycles. The summed E-state index contributed by atoms with van der Waals surface area (Å²) >= 11 is 0. The number of aliphatic hydroxyl groups is 1. The first-order valence-electron chi connectivity index (χ1n) is 11.6. The molecule has 1 aromatic heterocycles. The van der Waals surface area contributed by atoms with Crippen molar-refractivity contribution >= 4 is 32.6 Å². The van der Waals surface area contributed by atoms with E-state index in [2.05, 4.69) is 91.9 Å². The summed E-state index contributed by atoms with van der Waals surface area (Å²) in [7, 11) is 0. The number of aromatic nitrogens is 1. The molecule has 0 unspecified atom stereocenters. The number of hydrogen-bond donors (Lipinski definition) is 1. The molecule has 33 heavy (non-hydrogen) atoms. The molecule has 168 valence electrons. The predicted molar refractivity (Wildman–Crippen MR) is 143 cm³/mol. The van der Waals surface area contributed by atoms with E-state index < -0.39 is 5.60 Å². The van der Waals surface area contributed by atoms with Crippen molar-refractivity contribution in [1.82, 2.24) is 4.98 Å². The molecular formula is C31H33NO. The summed E-state index contributed by atoms with van der Waals surface area (Å²) < 4.78 is 0. The van der Waals surface area contributed by atoms with E-state index in [1.54, 1.807) is 0 Å². The van der Waals surface area contributed by atoms with Gasteiger partial charge in [0.2, 0.25) is 0 Å². The average molecular weight is 436 g/mol. The van der Waals surface area contributed by atoms with Gasteiger partial charge in [-0.3, -0.25) is 0 Å². The SMILES string of the molecule is CC(C)(C)C(C)(C)O.Cc1ccc(-c2c3ccccc3nc3c2ccc2ccccc23)cc1. The van der Waals surface area contributed by atoms with Crippen molar-refractivity contribution in [1.29, 1.82) is 0 Å². The van der Waals surface area contributed by atoms with Gasteiger partial charge in [-0.15, -0.1) is 0 Å². The second-order valence-corrected chi connectivity index (χ2v) is 10.4. The molecule has 0 fully saturated rings. The summed E-state index contributed by atoms with van der Waals surface area (Å²) in [6.45, 7) is 11.8. The highest BCUT2D eigenvalue weighted by molar-refractivity contribution is 6.16. The normalized spacial score (nSPS) is 12.1. The highest BCUT2D eigenvalue weighted by atomic mass is 16.3. The molecule has 0 atom stereocenters. The molecule has 1 heterocycles. The number of benzene rings is 4. The fourth-order valence-corrected chi connectivity index (χ4v) is 3.66. The number of fused-ring (bicyclic) bond motifs is 4. The van der Waals surface area contributed by atoms with Gasteiger partial charge in [0.15, 0.2) is 0 Å². The number of nitrogens with zero attached hydrogens (tertiary/aromatic N) is 1. The lowest BCUT2D eigenvalue weighted by Gasteiger charge is -2.33. The van der Waals surface area contributed by atoms with Crippen LogP contribution >= 0.6 is 0 Å². The lowest BCUT2D eigenvalue weighted by Crippen LogP contribution is -2.35. The number of aryl methyl sites for hydroxylation is 1. The number of hydrogen-bond acceptors (Lipinski definition) is 2. The first kappa shape index (κ1) is 22.9. The second-order valence-electron chi connectivity index (χ2n) is 10.4. The maximum atomic E-state index is 9.35. The standard InChI is InChI=1S/C24H17N.C7H16O/c1-16-10-12-18(13-11-16)23-20-8-4-5-9-22(20)25-24-19-7-3-2-6-17(19)14-15-21(23)24;1-6(2,3)7(4,5)8/h2-15H,1H3;8H,1-5H3. The van der Waals surface area contributed by atoms with Crippen molar-refractivity contribution in [2.45, 2.75) is 47.1 Å². The van der Waals surface area contributed by atoms with Crippen LogP contribution in [0.2, 0.25) is 0 Å². The number of pyridine rings is 1. The van der Waals surface area contributed by atoms with E-state index in [0.717, 1.165) is 11.0 Å². The molecule has 5 rings (SSSR count). The minimum Gasteiger partial charge on any atom is -0.390 e. The van der Waals surface area contributed by atoms with Crippen LogP contribution in [0.1, 0.15) is 40.2 Å². The number of rotatable bonds is 1. The Morgan fingerprint density at radius 1 is 0.636 bits per heavy atom. The van der Waals surface area contributed by atoms with E-state index in [0.29, 0.717) is 0 Å². The van der Waals surface area contributed by atoms with E-state index in [4.69, 9.17) is 4.98 Å². The molecule has 0 spiro atoms. The third-order valence-corrected chi connectivity index (χ3v) is 6.75. The fraction of sp³-hybridized carbons (Fsp3) is 0.258. The van der Waals surface area contributed by atoms with E-state index in [-0.39, 0.29) is 5.41 Å². The quantitative estimate of drug-likeness (QED) is 0.212. The first-order chi connectivity index (χ1) is 15.6. The highest BCUT2D eigenvalue weighted by Gasteiger charge is 2.29. The molecule has 0 amide bonds. The first-order valence-corrected chi connectivity index (χ1v) is 11.6. The van der Waals surface area contributed by atoms with Crippen LogP contribution in [0.25, 0.3) is 43.7 Å². The Labute approximate surface area is 196 Å². The van der Waals surface area contributed by atoms with Crippen LogP contribution in [-0.2, 0) is 0 Å². The molecule has 2 heteroatoms. The van der Waals surface area contributed by atoms with E-state index in [1.165, 1.54) is 38.2 Å². The van der Waals surface area contributed by atoms with Gasteiger partial charge in [-0.2, -0.15) is 0 Å². The molecule has 2 nitrogen and oxygen atoms in total. The Bertz CT molecular complexity index is 1410. The maximum Gasteiger partial charge on any atom is 0.0794 e. The summed E-state index contributed by atoms with van der Waals surface area (Å²) in [6.07, 6.45) is 0. The molecule has 0 radical (unpaired) electrons. The topological polar surface area (TPSA) is 33.1 Å². The summed E-state index contributed by atoms with van der Waals surface area (Å²) in [5.41, 5.74) is 5.34. The summed E-state index contributed by atoms with van der Waals surface area (Å²) in [5, 5.41) is 14.2. The van der Waals surface area contributed by atoms with Crippen LogP contribution in [0.5, 0.6) is 0 Å². The van der Waals surface area contributed by atoms with Crippen LogP contribution in [0.4, 0.5) is 0 Å². The maximum absolute atomic E-state index is 9.35. The molecule has 0 aliphatic rings. The Hall–Kier alpha value is -3.23. The molecule has 1 N–H and O–H groups in total. The van der Waals surface area contributed by atoms with Crippen molar-refractivity contribution in [2.75, 3.05) is 0 Å². The Balaban J connectivity index is 0.000000281.